The Morgan fingerprint density at radius 3 is 2.24 bits per heavy atom. The van der Waals surface area contributed by atoms with Crippen LogP contribution < -0.4 is 0 Å². The number of nitrogens with zero attached hydrogens (tertiary/aromatic N) is 2. The topological polar surface area (TPSA) is 38.9 Å². The maximum atomic E-state index is 6.65. The highest BCUT2D eigenvalue weighted by atomic mass is 16.3. The molecule has 2 aromatic heterocycles. The molecule has 192 valence electrons. The SMILES string of the molecule is C1=C(c2nc(-c3ccc(-c4ccccc4)cc3)c3ccccc3n2)c2oc3cccc4c3c2C(C1)c1ccccc1-4. The zero-order valence-electron chi connectivity index (χ0n) is 22.2. The first-order valence-electron chi connectivity index (χ1n) is 14.1. The Balaban J connectivity index is 1.23. The van der Waals surface area contributed by atoms with Crippen LogP contribution in [0.1, 0.15) is 35.1 Å². The van der Waals surface area contributed by atoms with Gasteiger partial charge in [-0.25, -0.2) is 9.97 Å². The monoisotopic (exact) mass is 524 g/mol. The molecule has 1 atom stereocenters. The average Bonchev–Trinajstić information content (AvgIpc) is 3.44. The van der Waals surface area contributed by atoms with E-state index in [4.69, 9.17) is 14.4 Å². The smallest absolute Gasteiger partial charge is 0.163 e. The second-order valence-corrected chi connectivity index (χ2v) is 10.9. The van der Waals surface area contributed by atoms with E-state index in [0.29, 0.717) is 5.82 Å². The summed E-state index contributed by atoms with van der Waals surface area (Å²) < 4.78 is 6.65. The van der Waals surface area contributed by atoms with Gasteiger partial charge in [0.2, 0.25) is 0 Å². The molecule has 0 fully saturated rings. The quantitative estimate of drug-likeness (QED) is 0.231. The van der Waals surface area contributed by atoms with Crippen molar-refractivity contribution in [2.75, 3.05) is 0 Å². The molecule has 5 aromatic carbocycles. The number of para-hydroxylation sites is 1. The summed E-state index contributed by atoms with van der Waals surface area (Å²) in [5.74, 6) is 1.88. The summed E-state index contributed by atoms with van der Waals surface area (Å²) >= 11 is 0. The maximum Gasteiger partial charge on any atom is 0.163 e. The number of allylic oxidation sites excluding steroid dienone is 1. The molecular formula is C38H24N2O. The van der Waals surface area contributed by atoms with Gasteiger partial charge in [-0.3, -0.25) is 0 Å². The summed E-state index contributed by atoms with van der Waals surface area (Å²) in [6, 6.07) is 42.6. The minimum Gasteiger partial charge on any atom is -0.456 e. The van der Waals surface area contributed by atoms with Crippen LogP contribution in [0.25, 0.3) is 61.0 Å². The van der Waals surface area contributed by atoms with Gasteiger partial charge in [-0.05, 0) is 46.4 Å². The van der Waals surface area contributed by atoms with E-state index in [1.807, 2.05) is 12.1 Å². The summed E-state index contributed by atoms with van der Waals surface area (Å²) in [5, 5.41) is 2.27. The standard InChI is InChI=1S/C38H24N2O/c1-2-9-23(10-3-1)24-17-19-25(20-18-24)36-30-13-6-7-15-32(30)39-38(40-36)31-22-21-29-27-12-5-4-11-26(27)28-14-8-16-33-34(28)35(29)37(31)41-33/h1-20,22,29H,21H2. The Bertz CT molecular complexity index is 2170. The predicted octanol–water partition coefficient (Wildman–Crippen LogP) is 9.66. The average molecular weight is 525 g/mol. The number of benzene rings is 5. The molecule has 1 unspecified atom stereocenters. The van der Waals surface area contributed by atoms with Crippen LogP contribution in [0.3, 0.4) is 0 Å². The predicted molar refractivity (Wildman–Crippen MR) is 166 cm³/mol. The lowest BCUT2D eigenvalue weighted by atomic mass is 9.74. The van der Waals surface area contributed by atoms with E-state index in [-0.39, 0.29) is 5.92 Å². The van der Waals surface area contributed by atoms with Crippen LogP contribution in [0.2, 0.25) is 0 Å². The Morgan fingerprint density at radius 2 is 1.34 bits per heavy atom. The highest BCUT2D eigenvalue weighted by molar-refractivity contribution is 6.04. The fourth-order valence-corrected chi connectivity index (χ4v) is 6.77. The van der Waals surface area contributed by atoms with E-state index in [2.05, 4.69) is 115 Å². The van der Waals surface area contributed by atoms with Crippen molar-refractivity contribution in [2.24, 2.45) is 0 Å². The Morgan fingerprint density at radius 1 is 0.610 bits per heavy atom. The normalized spacial score (nSPS) is 15.1. The molecule has 0 bridgehead atoms. The van der Waals surface area contributed by atoms with Gasteiger partial charge >= 0.3 is 0 Å². The zero-order chi connectivity index (χ0) is 26.9. The van der Waals surface area contributed by atoms with Gasteiger partial charge in [-0.15, -0.1) is 0 Å². The Kier molecular flexibility index (Phi) is 4.73. The summed E-state index contributed by atoms with van der Waals surface area (Å²) in [7, 11) is 0. The van der Waals surface area contributed by atoms with Crippen LogP contribution in [0.4, 0.5) is 0 Å². The van der Waals surface area contributed by atoms with Crippen molar-refractivity contribution in [1.29, 1.82) is 0 Å². The van der Waals surface area contributed by atoms with E-state index in [1.165, 1.54) is 38.8 Å². The third-order valence-electron chi connectivity index (χ3n) is 8.64. The molecule has 0 aliphatic heterocycles. The molecule has 2 aliphatic carbocycles. The highest BCUT2D eigenvalue weighted by Crippen LogP contribution is 2.53. The molecule has 3 nitrogen and oxygen atoms in total. The first-order chi connectivity index (χ1) is 20.3. The second kappa shape index (κ2) is 8.61. The molecule has 41 heavy (non-hydrogen) atoms. The van der Waals surface area contributed by atoms with Gasteiger partial charge in [-0.1, -0.05) is 115 Å². The number of rotatable bonds is 3. The van der Waals surface area contributed by atoms with Gasteiger partial charge in [0.25, 0.3) is 0 Å². The molecule has 0 saturated carbocycles. The number of fused-ring (bicyclic) bond motifs is 4. The van der Waals surface area contributed by atoms with E-state index in [9.17, 15) is 0 Å². The van der Waals surface area contributed by atoms with Crippen LogP contribution in [0.15, 0.2) is 132 Å². The van der Waals surface area contributed by atoms with E-state index >= 15 is 0 Å². The van der Waals surface area contributed by atoms with Gasteiger partial charge in [0.05, 0.1) is 16.8 Å². The Hall–Kier alpha value is -5.28. The summed E-state index contributed by atoms with van der Waals surface area (Å²) in [6.07, 6.45) is 3.17. The lowest BCUT2D eigenvalue weighted by molar-refractivity contribution is 0.584. The lowest BCUT2D eigenvalue weighted by Gasteiger charge is -2.28. The minimum absolute atomic E-state index is 0.270. The molecular weight excluding hydrogens is 500 g/mol. The largest absolute Gasteiger partial charge is 0.456 e. The van der Waals surface area contributed by atoms with Crippen LogP contribution >= 0.6 is 0 Å². The van der Waals surface area contributed by atoms with Crippen molar-refractivity contribution in [1.82, 2.24) is 9.97 Å². The molecule has 0 saturated heterocycles. The van der Waals surface area contributed by atoms with Crippen molar-refractivity contribution >= 4 is 27.4 Å². The van der Waals surface area contributed by atoms with Gasteiger partial charge in [0.15, 0.2) is 5.82 Å². The first-order valence-corrected chi connectivity index (χ1v) is 14.1. The molecule has 2 heterocycles. The van der Waals surface area contributed by atoms with Crippen LogP contribution in [0.5, 0.6) is 0 Å². The third-order valence-corrected chi connectivity index (χ3v) is 8.64. The molecule has 2 aliphatic rings. The van der Waals surface area contributed by atoms with Crippen molar-refractivity contribution < 1.29 is 4.42 Å². The lowest BCUT2D eigenvalue weighted by Crippen LogP contribution is -2.13. The van der Waals surface area contributed by atoms with E-state index < -0.39 is 0 Å². The fourth-order valence-electron chi connectivity index (χ4n) is 6.77. The van der Waals surface area contributed by atoms with Crippen molar-refractivity contribution in [3.63, 3.8) is 0 Å². The zero-order valence-corrected chi connectivity index (χ0v) is 22.2. The van der Waals surface area contributed by atoms with Crippen LogP contribution in [-0.4, -0.2) is 9.97 Å². The van der Waals surface area contributed by atoms with Crippen LogP contribution in [-0.2, 0) is 0 Å². The Labute approximate surface area is 237 Å². The molecule has 0 N–H and O–H groups in total. The van der Waals surface area contributed by atoms with Gasteiger partial charge in [-0.2, -0.15) is 0 Å². The van der Waals surface area contributed by atoms with Crippen molar-refractivity contribution in [2.45, 2.75) is 12.3 Å². The van der Waals surface area contributed by atoms with Gasteiger partial charge in [0, 0.05) is 27.8 Å². The number of hydrogen-bond acceptors (Lipinski definition) is 3. The molecule has 0 radical (unpaired) electrons. The highest BCUT2D eigenvalue weighted by Gasteiger charge is 2.36. The third kappa shape index (κ3) is 3.33. The number of aromatic nitrogens is 2. The molecule has 3 heteroatoms. The molecule has 7 aromatic rings. The van der Waals surface area contributed by atoms with Gasteiger partial charge in [0.1, 0.15) is 11.3 Å². The van der Waals surface area contributed by atoms with Gasteiger partial charge < -0.3 is 4.42 Å². The fraction of sp³-hybridized carbons (Fsp3) is 0.0526. The van der Waals surface area contributed by atoms with E-state index in [1.54, 1.807) is 0 Å². The van der Waals surface area contributed by atoms with Crippen molar-refractivity contribution in [3.8, 4) is 33.5 Å². The number of furan rings is 1. The molecule has 9 rings (SSSR count). The number of hydrogen-bond donors (Lipinski definition) is 0. The summed E-state index contributed by atoms with van der Waals surface area (Å²) in [6.45, 7) is 0. The van der Waals surface area contributed by atoms with Crippen molar-refractivity contribution in [3.05, 3.63) is 150 Å². The minimum atomic E-state index is 0.270. The maximum absolute atomic E-state index is 6.65. The van der Waals surface area contributed by atoms with E-state index in [0.717, 1.165) is 45.5 Å². The molecule has 0 spiro atoms. The molecule has 0 amide bonds. The summed E-state index contributed by atoms with van der Waals surface area (Å²) in [5.41, 5.74) is 12.4. The first kappa shape index (κ1) is 22.5. The second-order valence-electron chi connectivity index (χ2n) is 10.9. The summed E-state index contributed by atoms with van der Waals surface area (Å²) in [4.78, 5) is 10.3. The van der Waals surface area contributed by atoms with Crippen LogP contribution in [0, 0.1) is 0 Å².